The van der Waals surface area contributed by atoms with Gasteiger partial charge in [0.25, 0.3) is 5.56 Å². The van der Waals surface area contributed by atoms with Gasteiger partial charge in [-0.2, -0.15) is 0 Å². The maximum Gasteiger partial charge on any atom is 0.261 e. The lowest BCUT2D eigenvalue weighted by Crippen LogP contribution is -2.28. The number of carbonyl (C=O) groups excluding carboxylic acids is 1. The third-order valence-corrected chi connectivity index (χ3v) is 5.48. The molecule has 6 nitrogen and oxygen atoms in total. The van der Waals surface area contributed by atoms with E-state index >= 15 is 0 Å². The van der Waals surface area contributed by atoms with Crippen molar-refractivity contribution in [3.05, 3.63) is 63.7 Å². The van der Waals surface area contributed by atoms with Gasteiger partial charge < -0.3 is 10.1 Å². The van der Waals surface area contributed by atoms with Crippen molar-refractivity contribution in [3.63, 3.8) is 0 Å². The van der Waals surface area contributed by atoms with Crippen LogP contribution in [-0.2, 0) is 11.3 Å². The number of hydrogen-bond donors (Lipinski definition) is 1. The van der Waals surface area contributed by atoms with Gasteiger partial charge in [0.2, 0.25) is 5.91 Å². The topological polar surface area (TPSA) is 73.2 Å². The van der Waals surface area contributed by atoms with E-state index in [0.29, 0.717) is 27.4 Å². The molecule has 0 aliphatic heterocycles. The zero-order valence-electron chi connectivity index (χ0n) is 16.2. The Hall–Kier alpha value is -2.86. The molecule has 0 radical (unpaired) electrons. The Morgan fingerprint density at radius 1 is 1.28 bits per heavy atom. The Labute approximate surface area is 173 Å². The van der Waals surface area contributed by atoms with Gasteiger partial charge in [-0.05, 0) is 62.4 Å². The molecule has 0 atom stereocenters. The van der Waals surface area contributed by atoms with Crippen molar-refractivity contribution in [3.8, 4) is 5.75 Å². The molecule has 29 heavy (non-hydrogen) atoms. The van der Waals surface area contributed by atoms with Crippen LogP contribution in [0.4, 0.5) is 5.69 Å². The van der Waals surface area contributed by atoms with Crippen molar-refractivity contribution < 1.29 is 9.53 Å². The third-order valence-electron chi connectivity index (χ3n) is 5.18. The summed E-state index contributed by atoms with van der Waals surface area (Å²) in [6.45, 7) is 1.77. The molecular formula is C22H22ClN3O3. The van der Waals surface area contributed by atoms with Crippen LogP contribution in [0, 0.1) is 6.92 Å². The summed E-state index contributed by atoms with van der Waals surface area (Å²) < 4.78 is 7.23. The maximum atomic E-state index is 12.6. The first-order valence-corrected chi connectivity index (χ1v) is 10.1. The van der Waals surface area contributed by atoms with Gasteiger partial charge >= 0.3 is 0 Å². The number of hydrogen-bond acceptors (Lipinski definition) is 4. The molecule has 1 saturated carbocycles. The summed E-state index contributed by atoms with van der Waals surface area (Å²) in [4.78, 5) is 29.4. The zero-order chi connectivity index (χ0) is 20.4. The van der Waals surface area contributed by atoms with Crippen molar-refractivity contribution in [1.29, 1.82) is 0 Å². The summed E-state index contributed by atoms with van der Waals surface area (Å²) in [5.41, 5.74) is 1.88. The highest BCUT2D eigenvalue weighted by molar-refractivity contribution is 6.32. The number of nitrogens with zero attached hydrogens (tertiary/aromatic N) is 2. The van der Waals surface area contributed by atoms with Crippen LogP contribution in [0.25, 0.3) is 10.9 Å². The lowest BCUT2D eigenvalue weighted by atomic mass is 10.1. The van der Waals surface area contributed by atoms with E-state index in [-0.39, 0.29) is 24.1 Å². The van der Waals surface area contributed by atoms with Gasteiger partial charge in [-0.1, -0.05) is 23.7 Å². The van der Waals surface area contributed by atoms with Crippen molar-refractivity contribution >= 4 is 34.1 Å². The number of ether oxygens (including phenoxy) is 1. The number of carbonyl (C=O) groups is 1. The average molecular weight is 412 g/mol. The first-order valence-electron chi connectivity index (χ1n) is 9.72. The molecule has 1 heterocycles. The molecule has 3 aromatic rings. The zero-order valence-corrected chi connectivity index (χ0v) is 16.9. The Kier molecular flexibility index (Phi) is 5.53. The number of halogens is 1. The third kappa shape index (κ3) is 4.27. The monoisotopic (exact) mass is 411 g/mol. The van der Waals surface area contributed by atoms with E-state index < -0.39 is 0 Å². The fraction of sp³-hybridized carbons (Fsp3) is 0.318. The van der Waals surface area contributed by atoms with Gasteiger partial charge in [-0.15, -0.1) is 0 Å². The number of anilines is 1. The highest BCUT2D eigenvalue weighted by Crippen LogP contribution is 2.31. The van der Waals surface area contributed by atoms with Crippen molar-refractivity contribution in [2.24, 2.45) is 0 Å². The molecule has 0 bridgehead atoms. The van der Waals surface area contributed by atoms with Crippen molar-refractivity contribution in [2.75, 3.05) is 5.32 Å². The van der Waals surface area contributed by atoms with Gasteiger partial charge in [0, 0.05) is 5.69 Å². The van der Waals surface area contributed by atoms with Gasteiger partial charge in [-0.3, -0.25) is 14.2 Å². The quantitative estimate of drug-likeness (QED) is 0.678. The number of benzene rings is 2. The molecule has 1 aromatic heterocycles. The van der Waals surface area contributed by atoms with Crippen LogP contribution in [0.3, 0.4) is 0 Å². The Bertz CT molecular complexity index is 1120. The average Bonchev–Trinajstić information content (AvgIpc) is 3.20. The van der Waals surface area contributed by atoms with E-state index in [1.54, 1.807) is 24.3 Å². The Morgan fingerprint density at radius 3 is 2.83 bits per heavy atom. The predicted molar refractivity (Wildman–Crippen MR) is 114 cm³/mol. The number of aryl methyl sites for hydroxylation is 1. The molecule has 4 rings (SSSR count). The number of aromatic nitrogens is 2. The standard InChI is InChI=1S/C22H22ClN3O3/c1-14-5-4-8-17-21(14)24-13-26(22(17)28)12-20(27)25-15-9-10-19(18(23)11-15)29-16-6-2-3-7-16/h4-5,8-11,13,16H,2-3,6-7,12H2,1H3,(H,25,27). The number of para-hydroxylation sites is 1. The number of nitrogens with one attached hydrogen (secondary N) is 1. The second kappa shape index (κ2) is 8.25. The Balaban J connectivity index is 1.46. The van der Waals surface area contributed by atoms with Crippen LogP contribution in [0.2, 0.25) is 5.02 Å². The molecule has 1 fully saturated rings. The molecular weight excluding hydrogens is 390 g/mol. The first kappa shape index (κ1) is 19.5. The van der Waals surface area contributed by atoms with E-state index in [9.17, 15) is 9.59 Å². The Morgan fingerprint density at radius 2 is 2.07 bits per heavy atom. The van der Waals surface area contributed by atoms with Crippen LogP contribution in [0.5, 0.6) is 5.75 Å². The SMILES string of the molecule is Cc1cccc2c(=O)n(CC(=O)Nc3ccc(OC4CCCC4)c(Cl)c3)cnc12. The fourth-order valence-corrected chi connectivity index (χ4v) is 3.89. The van der Waals surface area contributed by atoms with E-state index in [0.717, 1.165) is 18.4 Å². The summed E-state index contributed by atoms with van der Waals surface area (Å²) in [5.74, 6) is 0.295. The van der Waals surface area contributed by atoms with Gasteiger partial charge in [-0.25, -0.2) is 4.98 Å². The van der Waals surface area contributed by atoms with E-state index in [1.807, 2.05) is 19.1 Å². The van der Waals surface area contributed by atoms with Gasteiger partial charge in [0.1, 0.15) is 12.3 Å². The molecule has 1 amide bonds. The summed E-state index contributed by atoms with van der Waals surface area (Å²) >= 11 is 6.32. The molecule has 2 aromatic carbocycles. The number of rotatable bonds is 5. The highest BCUT2D eigenvalue weighted by atomic mass is 35.5. The first-order chi connectivity index (χ1) is 14.0. The summed E-state index contributed by atoms with van der Waals surface area (Å²) in [5, 5.41) is 3.72. The van der Waals surface area contributed by atoms with E-state index in [1.165, 1.54) is 23.7 Å². The lowest BCUT2D eigenvalue weighted by Gasteiger charge is -2.15. The van der Waals surface area contributed by atoms with Crippen molar-refractivity contribution in [1.82, 2.24) is 9.55 Å². The normalized spacial score (nSPS) is 14.3. The van der Waals surface area contributed by atoms with Gasteiger partial charge in [0.05, 0.1) is 28.4 Å². The number of amides is 1. The van der Waals surface area contributed by atoms with Crippen LogP contribution in [0.1, 0.15) is 31.2 Å². The highest BCUT2D eigenvalue weighted by Gasteiger charge is 2.18. The molecule has 0 saturated heterocycles. The largest absolute Gasteiger partial charge is 0.489 e. The minimum atomic E-state index is -0.332. The van der Waals surface area contributed by atoms with Crippen LogP contribution >= 0.6 is 11.6 Å². The molecule has 150 valence electrons. The molecule has 1 aliphatic rings. The summed E-state index contributed by atoms with van der Waals surface area (Å²) in [6, 6.07) is 10.6. The summed E-state index contributed by atoms with van der Waals surface area (Å²) in [6.07, 6.45) is 6.07. The second-order valence-corrected chi connectivity index (χ2v) is 7.77. The molecule has 1 aliphatic carbocycles. The lowest BCUT2D eigenvalue weighted by molar-refractivity contribution is -0.116. The molecule has 0 unspecified atom stereocenters. The smallest absolute Gasteiger partial charge is 0.261 e. The maximum absolute atomic E-state index is 12.6. The van der Waals surface area contributed by atoms with Crippen LogP contribution in [-0.4, -0.2) is 21.6 Å². The fourth-order valence-electron chi connectivity index (χ4n) is 3.67. The van der Waals surface area contributed by atoms with Crippen LogP contribution < -0.4 is 15.6 Å². The number of fused-ring (bicyclic) bond motifs is 1. The molecule has 1 N–H and O–H groups in total. The second-order valence-electron chi connectivity index (χ2n) is 7.37. The van der Waals surface area contributed by atoms with E-state index in [4.69, 9.17) is 16.3 Å². The predicted octanol–water partition coefficient (Wildman–Crippen LogP) is 4.32. The van der Waals surface area contributed by atoms with Crippen LogP contribution in [0.15, 0.2) is 47.5 Å². The van der Waals surface area contributed by atoms with Crippen molar-refractivity contribution in [2.45, 2.75) is 45.3 Å². The van der Waals surface area contributed by atoms with Gasteiger partial charge in [0.15, 0.2) is 0 Å². The molecule has 7 heteroatoms. The minimum Gasteiger partial charge on any atom is -0.489 e. The minimum absolute atomic E-state index is 0.131. The van der Waals surface area contributed by atoms with E-state index in [2.05, 4.69) is 10.3 Å². The summed E-state index contributed by atoms with van der Waals surface area (Å²) in [7, 11) is 0. The molecule has 0 spiro atoms.